The maximum Gasteiger partial charge on any atom is 0.315 e. The lowest BCUT2D eigenvalue weighted by Crippen LogP contribution is -2.09. The third kappa shape index (κ3) is 2.79. The third-order valence-electron chi connectivity index (χ3n) is 4.31. The minimum absolute atomic E-state index is 0.0942. The molecule has 2 heterocycles. The maximum absolute atomic E-state index is 12.4. The van der Waals surface area contributed by atoms with E-state index in [2.05, 4.69) is 18.0 Å². The van der Waals surface area contributed by atoms with Gasteiger partial charge in [0.1, 0.15) is 0 Å². The summed E-state index contributed by atoms with van der Waals surface area (Å²) in [5.41, 5.74) is 4.57. The van der Waals surface area contributed by atoms with E-state index in [1.54, 1.807) is 36.6 Å². The summed E-state index contributed by atoms with van der Waals surface area (Å²) in [7, 11) is 0. The summed E-state index contributed by atoms with van der Waals surface area (Å²) in [5.74, 6) is -0.0942. The number of hydrogen-bond acceptors (Lipinski definition) is 4. The second kappa shape index (κ2) is 6.59. The van der Waals surface area contributed by atoms with Crippen molar-refractivity contribution in [2.75, 3.05) is 0 Å². The summed E-state index contributed by atoms with van der Waals surface area (Å²) in [6, 6.07) is 12.9. The van der Waals surface area contributed by atoms with Crippen LogP contribution in [0.4, 0.5) is 5.69 Å². The van der Waals surface area contributed by atoms with E-state index in [0.29, 0.717) is 15.6 Å². The second-order valence-electron chi connectivity index (χ2n) is 5.90. The van der Waals surface area contributed by atoms with Crippen LogP contribution in [0.25, 0.3) is 17.3 Å². The van der Waals surface area contributed by atoms with Crippen molar-refractivity contribution >= 4 is 46.5 Å². The monoisotopic (exact) mass is 382 g/mol. The van der Waals surface area contributed by atoms with Gasteiger partial charge < -0.3 is 5.11 Å². The smallest absolute Gasteiger partial charge is 0.315 e. The Labute approximate surface area is 159 Å². The molecule has 0 bridgehead atoms. The molecule has 1 aliphatic rings. The predicted molar refractivity (Wildman–Crippen MR) is 108 cm³/mol. The van der Waals surface area contributed by atoms with E-state index in [-0.39, 0.29) is 10.8 Å². The number of thiazole rings is 1. The fraction of sp³-hybridized carbons (Fsp3) is 0.100. The SMILES string of the molecule is CCc1cccc2c1N=C/C2=C/c1sc(=O)n(-c2cccc(Cl)c2)c1O. The Kier molecular flexibility index (Phi) is 4.26. The number of allylic oxidation sites excluding steroid dienone is 1. The van der Waals surface area contributed by atoms with Crippen LogP contribution in [0.3, 0.4) is 0 Å². The molecule has 1 N–H and O–H groups in total. The van der Waals surface area contributed by atoms with Crippen molar-refractivity contribution in [1.82, 2.24) is 4.57 Å². The van der Waals surface area contributed by atoms with Crippen LogP contribution in [0.2, 0.25) is 5.02 Å². The molecule has 3 aromatic rings. The van der Waals surface area contributed by atoms with Gasteiger partial charge in [0.15, 0.2) is 0 Å². The van der Waals surface area contributed by atoms with Crippen LogP contribution in [-0.4, -0.2) is 15.9 Å². The molecule has 0 spiro atoms. The molecule has 0 saturated carbocycles. The normalized spacial score (nSPS) is 14.2. The van der Waals surface area contributed by atoms with Gasteiger partial charge in [-0.05, 0) is 36.3 Å². The lowest BCUT2D eigenvalue weighted by Gasteiger charge is -2.05. The highest BCUT2D eigenvalue weighted by atomic mass is 35.5. The van der Waals surface area contributed by atoms with Gasteiger partial charge in [0, 0.05) is 22.4 Å². The summed E-state index contributed by atoms with van der Waals surface area (Å²) in [6.07, 6.45) is 4.48. The molecule has 0 radical (unpaired) electrons. The summed E-state index contributed by atoms with van der Waals surface area (Å²) >= 11 is 6.99. The van der Waals surface area contributed by atoms with E-state index in [1.165, 1.54) is 10.1 Å². The molecule has 4 rings (SSSR count). The highest BCUT2D eigenvalue weighted by molar-refractivity contribution is 7.10. The molecule has 2 aromatic carbocycles. The number of hydrogen-bond donors (Lipinski definition) is 1. The first-order valence-electron chi connectivity index (χ1n) is 8.17. The third-order valence-corrected chi connectivity index (χ3v) is 5.42. The number of para-hydroxylation sites is 1. The van der Waals surface area contributed by atoms with E-state index in [9.17, 15) is 9.90 Å². The van der Waals surface area contributed by atoms with Crippen molar-refractivity contribution in [2.45, 2.75) is 13.3 Å². The number of aromatic hydroxyl groups is 1. The van der Waals surface area contributed by atoms with Crippen molar-refractivity contribution in [1.29, 1.82) is 0 Å². The first kappa shape index (κ1) is 16.8. The van der Waals surface area contributed by atoms with Gasteiger partial charge in [0.25, 0.3) is 0 Å². The highest BCUT2D eigenvalue weighted by Gasteiger charge is 2.18. The molecule has 0 aliphatic carbocycles. The fourth-order valence-corrected chi connectivity index (χ4v) is 4.07. The molecular formula is C20H15ClN2O2S. The quantitative estimate of drug-likeness (QED) is 0.687. The number of halogens is 1. The Morgan fingerprint density at radius 1 is 1.27 bits per heavy atom. The van der Waals surface area contributed by atoms with Crippen LogP contribution in [0.1, 0.15) is 22.9 Å². The number of fused-ring (bicyclic) bond motifs is 1. The first-order chi connectivity index (χ1) is 12.6. The molecule has 6 heteroatoms. The predicted octanol–water partition coefficient (Wildman–Crippen LogP) is 5.08. The lowest BCUT2D eigenvalue weighted by atomic mass is 10.0. The lowest BCUT2D eigenvalue weighted by molar-refractivity contribution is 0.440. The van der Waals surface area contributed by atoms with Crippen molar-refractivity contribution in [3.8, 4) is 11.6 Å². The van der Waals surface area contributed by atoms with Gasteiger partial charge in [0.2, 0.25) is 5.88 Å². The Morgan fingerprint density at radius 3 is 2.85 bits per heavy atom. The van der Waals surface area contributed by atoms with Gasteiger partial charge in [-0.1, -0.05) is 54.1 Å². The average Bonchev–Trinajstić information content (AvgIpc) is 3.16. The van der Waals surface area contributed by atoms with Crippen molar-refractivity contribution in [2.24, 2.45) is 4.99 Å². The number of aryl methyl sites for hydroxylation is 1. The average molecular weight is 383 g/mol. The topological polar surface area (TPSA) is 54.6 Å². The van der Waals surface area contributed by atoms with E-state index in [4.69, 9.17) is 11.6 Å². The van der Waals surface area contributed by atoms with Crippen LogP contribution >= 0.6 is 22.9 Å². The maximum atomic E-state index is 12.4. The molecule has 0 atom stereocenters. The minimum Gasteiger partial charge on any atom is -0.493 e. The van der Waals surface area contributed by atoms with E-state index >= 15 is 0 Å². The Bertz CT molecular complexity index is 1130. The van der Waals surface area contributed by atoms with Crippen molar-refractivity contribution in [3.05, 3.63) is 73.2 Å². The van der Waals surface area contributed by atoms with Crippen LogP contribution in [0.15, 0.2) is 52.3 Å². The summed E-state index contributed by atoms with van der Waals surface area (Å²) in [4.78, 5) is 17.1. The molecular weight excluding hydrogens is 368 g/mol. The minimum atomic E-state index is -0.269. The zero-order valence-electron chi connectivity index (χ0n) is 13.9. The standard InChI is InChI=1S/C20H15ClN2O2S/c1-2-12-5-3-8-16-13(11-22-18(12)16)9-17-19(24)23(20(25)26-17)15-7-4-6-14(21)10-15/h3-11,24H,2H2,1H3/b13-9-. The van der Waals surface area contributed by atoms with E-state index < -0.39 is 0 Å². The molecule has 0 fully saturated rings. The Morgan fingerprint density at radius 2 is 2.08 bits per heavy atom. The van der Waals surface area contributed by atoms with Crippen LogP contribution < -0.4 is 4.87 Å². The van der Waals surface area contributed by atoms with E-state index in [0.717, 1.165) is 34.6 Å². The van der Waals surface area contributed by atoms with Gasteiger partial charge in [-0.3, -0.25) is 9.79 Å². The second-order valence-corrected chi connectivity index (χ2v) is 7.33. The zero-order valence-corrected chi connectivity index (χ0v) is 15.5. The van der Waals surface area contributed by atoms with Gasteiger partial charge in [-0.15, -0.1) is 0 Å². The largest absolute Gasteiger partial charge is 0.493 e. The summed E-state index contributed by atoms with van der Waals surface area (Å²) in [5, 5.41) is 11.1. The Balaban J connectivity index is 1.81. The molecule has 4 nitrogen and oxygen atoms in total. The van der Waals surface area contributed by atoms with E-state index in [1.807, 2.05) is 12.1 Å². The van der Waals surface area contributed by atoms with Crippen molar-refractivity contribution < 1.29 is 5.11 Å². The summed E-state index contributed by atoms with van der Waals surface area (Å²) in [6.45, 7) is 2.09. The fourth-order valence-electron chi connectivity index (χ4n) is 3.04. The number of rotatable bonds is 3. The number of benzene rings is 2. The van der Waals surface area contributed by atoms with Gasteiger partial charge in [0.05, 0.1) is 16.3 Å². The molecule has 1 aliphatic heterocycles. The molecule has 26 heavy (non-hydrogen) atoms. The molecule has 0 unspecified atom stereocenters. The zero-order chi connectivity index (χ0) is 18.3. The van der Waals surface area contributed by atoms with Crippen LogP contribution in [-0.2, 0) is 6.42 Å². The Hall–Kier alpha value is -2.63. The molecule has 1 aromatic heterocycles. The van der Waals surface area contributed by atoms with Crippen molar-refractivity contribution in [3.63, 3.8) is 0 Å². The number of nitrogens with zero attached hydrogens (tertiary/aromatic N) is 2. The first-order valence-corrected chi connectivity index (χ1v) is 9.36. The molecule has 130 valence electrons. The summed E-state index contributed by atoms with van der Waals surface area (Å²) < 4.78 is 1.26. The number of aromatic nitrogens is 1. The number of aliphatic imine (C=N–C) groups is 1. The van der Waals surface area contributed by atoms with Gasteiger partial charge in [-0.2, -0.15) is 0 Å². The van der Waals surface area contributed by atoms with Gasteiger partial charge in [-0.25, -0.2) is 4.57 Å². The van der Waals surface area contributed by atoms with Crippen LogP contribution in [0.5, 0.6) is 5.88 Å². The van der Waals surface area contributed by atoms with Crippen LogP contribution in [0, 0.1) is 0 Å². The highest BCUT2D eigenvalue weighted by Crippen LogP contribution is 2.37. The van der Waals surface area contributed by atoms with Gasteiger partial charge >= 0.3 is 4.87 Å². The molecule has 0 amide bonds. The molecule has 0 saturated heterocycles.